The molecule has 0 spiro atoms. The van der Waals surface area contributed by atoms with Crippen molar-refractivity contribution in [2.24, 2.45) is 5.73 Å². The van der Waals surface area contributed by atoms with Crippen LogP contribution < -0.4 is 10.5 Å². The lowest BCUT2D eigenvalue weighted by Gasteiger charge is -2.41. The Morgan fingerprint density at radius 2 is 1.89 bits per heavy atom. The van der Waals surface area contributed by atoms with Gasteiger partial charge in [0, 0.05) is 18.7 Å². The lowest BCUT2D eigenvalue weighted by Crippen LogP contribution is -2.45. The van der Waals surface area contributed by atoms with Crippen LogP contribution in [0.1, 0.15) is 43.7 Å². The van der Waals surface area contributed by atoms with Crippen molar-refractivity contribution in [3.8, 4) is 5.75 Å². The topological polar surface area (TPSA) is 44.5 Å². The molecular weight excluding hydrogens is 245 g/mol. The van der Waals surface area contributed by atoms with E-state index in [0.29, 0.717) is 11.3 Å². The minimum absolute atomic E-state index is 0.325. The van der Waals surface area contributed by atoms with E-state index in [-0.39, 0.29) is 5.82 Å². The Balaban J connectivity index is 2.29. The molecule has 1 atom stereocenters. The van der Waals surface area contributed by atoms with Gasteiger partial charge in [-0.1, -0.05) is 25.3 Å². The Morgan fingerprint density at radius 3 is 2.42 bits per heavy atom. The molecule has 1 aliphatic rings. The van der Waals surface area contributed by atoms with E-state index in [2.05, 4.69) is 0 Å². The average Bonchev–Trinajstić information content (AvgIpc) is 2.47. The third kappa shape index (κ3) is 2.74. The Bertz CT molecular complexity index is 430. The number of methoxy groups -OCH3 is 2. The molecule has 1 unspecified atom stereocenters. The molecule has 0 radical (unpaired) electrons. The average molecular weight is 267 g/mol. The molecule has 1 aromatic carbocycles. The maximum absolute atomic E-state index is 14.1. The molecule has 106 valence electrons. The van der Waals surface area contributed by atoms with Crippen molar-refractivity contribution in [2.45, 2.75) is 43.7 Å². The third-order valence-electron chi connectivity index (χ3n) is 4.22. The van der Waals surface area contributed by atoms with E-state index in [9.17, 15) is 4.39 Å². The van der Waals surface area contributed by atoms with Gasteiger partial charge in [-0.15, -0.1) is 0 Å². The van der Waals surface area contributed by atoms with Crippen LogP contribution in [0.15, 0.2) is 18.2 Å². The SMILES string of the molecule is COc1ccc(C(N)C2(OC)CCCCC2)c(F)c1. The van der Waals surface area contributed by atoms with Gasteiger partial charge in [0.05, 0.1) is 18.8 Å². The maximum Gasteiger partial charge on any atom is 0.131 e. The summed E-state index contributed by atoms with van der Waals surface area (Å²) in [4.78, 5) is 0. The molecule has 1 fully saturated rings. The molecule has 0 amide bonds. The van der Waals surface area contributed by atoms with Gasteiger partial charge in [-0.05, 0) is 18.9 Å². The fourth-order valence-corrected chi connectivity index (χ4v) is 2.96. The predicted molar refractivity (Wildman–Crippen MR) is 72.7 cm³/mol. The summed E-state index contributed by atoms with van der Waals surface area (Å²) in [5.41, 5.74) is 6.37. The van der Waals surface area contributed by atoms with Gasteiger partial charge in [0.1, 0.15) is 11.6 Å². The number of nitrogens with two attached hydrogens (primary N) is 1. The van der Waals surface area contributed by atoms with Crippen LogP contribution in [0.25, 0.3) is 0 Å². The Morgan fingerprint density at radius 1 is 1.21 bits per heavy atom. The summed E-state index contributed by atoms with van der Waals surface area (Å²) in [6.07, 6.45) is 5.13. The maximum atomic E-state index is 14.1. The summed E-state index contributed by atoms with van der Waals surface area (Å²) in [7, 11) is 3.19. The second-order valence-corrected chi connectivity index (χ2v) is 5.19. The molecular formula is C15H22FNO2. The van der Waals surface area contributed by atoms with Crippen molar-refractivity contribution >= 4 is 0 Å². The first kappa shape index (κ1) is 14.3. The lowest BCUT2D eigenvalue weighted by molar-refractivity contribution is -0.0602. The standard InChI is InChI=1S/C15H22FNO2/c1-18-11-6-7-12(13(16)10-11)14(17)15(19-2)8-4-3-5-9-15/h6-7,10,14H,3-5,8-9,17H2,1-2H3. The Kier molecular flexibility index (Phi) is 4.42. The van der Waals surface area contributed by atoms with Crippen molar-refractivity contribution in [3.63, 3.8) is 0 Å². The van der Waals surface area contributed by atoms with Gasteiger partial charge in [-0.3, -0.25) is 0 Å². The molecule has 0 heterocycles. The van der Waals surface area contributed by atoms with Gasteiger partial charge in [-0.25, -0.2) is 4.39 Å². The number of hydrogen-bond donors (Lipinski definition) is 1. The molecule has 19 heavy (non-hydrogen) atoms. The fraction of sp³-hybridized carbons (Fsp3) is 0.600. The first-order valence-electron chi connectivity index (χ1n) is 6.77. The van der Waals surface area contributed by atoms with Gasteiger partial charge in [0.15, 0.2) is 0 Å². The molecule has 4 heteroatoms. The predicted octanol–water partition coefficient (Wildman–Crippen LogP) is 3.18. The number of halogens is 1. The van der Waals surface area contributed by atoms with Crippen LogP contribution in [0.5, 0.6) is 5.75 Å². The highest BCUT2D eigenvalue weighted by Crippen LogP contribution is 2.40. The number of rotatable bonds is 4. The highest BCUT2D eigenvalue weighted by atomic mass is 19.1. The molecule has 0 saturated heterocycles. The lowest BCUT2D eigenvalue weighted by atomic mass is 9.77. The molecule has 3 nitrogen and oxygen atoms in total. The first-order valence-corrected chi connectivity index (χ1v) is 6.77. The minimum Gasteiger partial charge on any atom is -0.497 e. The van der Waals surface area contributed by atoms with Gasteiger partial charge >= 0.3 is 0 Å². The Hall–Kier alpha value is -1.13. The van der Waals surface area contributed by atoms with Crippen LogP contribution in [0.4, 0.5) is 4.39 Å². The van der Waals surface area contributed by atoms with Crippen LogP contribution in [0.3, 0.4) is 0 Å². The number of benzene rings is 1. The molecule has 0 bridgehead atoms. The molecule has 2 rings (SSSR count). The highest BCUT2D eigenvalue weighted by Gasteiger charge is 2.39. The van der Waals surface area contributed by atoms with Crippen molar-refractivity contribution < 1.29 is 13.9 Å². The smallest absolute Gasteiger partial charge is 0.131 e. The zero-order valence-corrected chi connectivity index (χ0v) is 11.6. The molecule has 0 aromatic heterocycles. The summed E-state index contributed by atoms with van der Waals surface area (Å²) >= 11 is 0. The van der Waals surface area contributed by atoms with E-state index >= 15 is 0 Å². The van der Waals surface area contributed by atoms with Crippen molar-refractivity contribution in [1.29, 1.82) is 0 Å². The normalized spacial score (nSPS) is 20.0. The van der Waals surface area contributed by atoms with Crippen LogP contribution in [-0.2, 0) is 4.74 Å². The van der Waals surface area contributed by atoms with Crippen LogP contribution in [0, 0.1) is 5.82 Å². The fourth-order valence-electron chi connectivity index (χ4n) is 2.96. The van der Waals surface area contributed by atoms with Gasteiger partial charge in [0.25, 0.3) is 0 Å². The summed E-state index contributed by atoms with van der Waals surface area (Å²) in [5, 5.41) is 0. The summed E-state index contributed by atoms with van der Waals surface area (Å²) in [6, 6.07) is 4.38. The van der Waals surface area contributed by atoms with E-state index in [1.807, 2.05) is 0 Å². The largest absolute Gasteiger partial charge is 0.497 e. The molecule has 1 aliphatic carbocycles. The van der Waals surface area contributed by atoms with Gasteiger partial charge in [0.2, 0.25) is 0 Å². The van der Waals surface area contributed by atoms with E-state index in [1.54, 1.807) is 19.2 Å². The van der Waals surface area contributed by atoms with E-state index in [0.717, 1.165) is 25.7 Å². The summed E-state index contributed by atoms with van der Waals surface area (Å²) < 4.78 is 24.8. The van der Waals surface area contributed by atoms with Crippen molar-refractivity contribution in [3.05, 3.63) is 29.6 Å². The second-order valence-electron chi connectivity index (χ2n) is 5.19. The molecule has 0 aliphatic heterocycles. The van der Waals surface area contributed by atoms with Crippen molar-refractivity contribution in [1.82, 2.24) is 0 Å². The van der Waals surface area contributed by atoms with Gasteiger partial charge in [-0.2, -0.15) is 0 Å². The first-order chi connectivity index (χ1) is 9.13. The molecule has 2 N–H and O–H groups in total. The summed E-state index contributed by atoms with van der Waals surface area (Å²) in [6.45, 7) is 0. The molecule has 1 aromatic rings. The van der Waals surface area contributed by atoms with Crippen LogP contribution in [0.2, 0.25) is 0 Å². The second kappa shape index (κ2) is 5.88. The van der Waals surface area contributed by atoms with E-state index in [1.165, 1.54) is 19.6 Å². The van der Waals surface area contributed by atoms with Crippen molar-refractivity contribution in [2.75, 3.05) is 14.2 Å². The number of ether oxygens (including phenoxy) is 2. The van der Waals surface area contributed by atoms with Crippen LogP contribution >= 0.6 is 0 Å². The van der Waals surface area contributed by atoms with E-state index in [4.69, 9.17) is 15.2 Å². The number of hydrogen-bond acceptors (Lipinski definition) is 3. The van der Waals surface area contributed by atoms with Crippen LogP contribution in [-0.4, -0.2) is 19.8 Å². The zero-order valence-electron chi connectivity index (χ0n) is 11.6. The van der Waals surface area contributed by atoms with Gasteiger partial charge < -0.3 is 15.2 Å². The summed E-state index contributed by atoms with van der Waals surface area (Å²) in [5.74, 6) is 0.178. The zero-order chi connectivity index (χ0) is 13.9. The highest BCUT2D eigenvalue weighted by molar-refractivity contribution is 5.32. The van der Waals surface area contributed by atoms with E-state index < -0.39 is 11.6 Å². The quantitative estimate of drug-likeness (QED) is 0.911. The minimum atomic E-state index is -0.441. The third-order valence-corrected chi connectivity index (χ3v) is 4.22. The molecule has 1 saturated carbocycles. The Labute approximate surface area is 113 Å². The monoisotopic (exact) mass is 267 g/mol.